The lowest BCUT2D eigenvalue weighted by Crippen LogP contribution is -2.12. The highest BCUT2D eigenvalue weighted by Gasteiger charge is 2.41. The van der Waals surface area contributed by atoms with Gasteiger partial charge in [-0.25, -0.2) is 4.79 Å². The zero-order valence-electron chi connectivity index (χ0n) is 8.16. The number of rotatable bonds is 1. The van der Waals surface area contributed by atoms with Crippen molar-refractivity contribution in [2.24, 2.45) is 4.99 Å². The van der Waals surface area contributed by atoms with Crippen molar-refractivity contribution in [3.8, 4) is 0 Å². The second-order valence-corrected chi connectivity index (χ2v) is 3.43. The van der Waals surface area contributed by atoms with Gasteiger partial charge in [0.25, 0.3) is 0 Å². The van der Waals surface area contributed by atoms with Crippen LogP contribution in [0.15, 0.2) is 17.1 Å². The Bertz CT molecular complexity index is 480. The van der Waals surface area contributed by atoms with E-state index in [0.717, 1.165) is 6.08 Å². The van der Waals surface area contributed by atoms with Crippen LogP contribution in [0, 0.1) is 0 Å². The molecule has 0 fully saturated rings. The van der Waals surface area contributed by atoms with E-state index >= 15 is 0 Å². The maximum absolute atomic E-state index is 12.4. The molecule has 1 aromatic carbocycles. The highest BCUT2D eigenvalue weighted by Crippen LogP contribution is 2.44. The molecular formula is C9H2ClF6NO. The summed E-state index contributed by atoms with van der Waals surface area (Å²) < 4.78 is 74.7. The van der Waals surface area contributed by atoms with Gasteiger partial charge in [-0.1, -0.05) is 11.6 Å². The molecule has 18 heavy (non-hydrogen) atoms. The molecule has 0 aliphatic heterocycles. The molecule has 0 aromatic heterocycles. The Morgan fingerprint density at radius 1 is 1.00 bits per heavy atom. The number of hydrogen-bond acceptors (Lipinski definition) is 2. The zero-order chi connectivity index (χ0) is 14.1. The van der Waals surface area contributed by atoms with E-state index < -0.39 is 34.2 Å². The SMILES string of the molecule is O=C=Nc1cc(C(F)(F)F)c(Cl)c(C(F)(F)F)c1. The van der Waals surface area contributed by atoms with Crippen LogP contribution in [0.4, 0.5) is 32.0 Å². The molecule has 2 nitrogen and oxygen atoms in total. The second kappa shape index (κ2) is 4.62. The predicted octanol–water partition coefficient (Wildman–Crippen LogP) is 4.34. The van der Waals surface area contributed by atoms with Crippen LogP contribution >= 0.6 is 11.6 Å². The fraction of sp³-hybridized carbons (Fsp3) is 0.222. The number of benzene rings is 1. The molecule has 0 saturated carbocycles. The summed E-state index contributed by atoms with van der Waals surface area (Å²) in [5, 5.41) is -1.49. The Balaban J connectivity index is 3.64. The predicted molar refractivity (Wildman–Crippen MR) is 49.2 cm³/mol. The van der Waals surface area contributed by atoms with E-state index in [0.29, 0.717) is 0 Å². The fourth-order valence-electron chi connectivity index (χ4n) is 1.14. The van der Waals surface area contributed by atoms with Gasteiger partial charge < -0.3 is 0 Å². The third-order valence-corrected chi connectivity index (χ3v) is 2.25. The van der Waals surface area contributed by atoms with E-state index in [1.54, 1.807) is 0 Å². The van der Waals surface area contributed by atoms with Gasteiger partial charge in [0.05, 0.1) is 21.8 Å². The van der Waals surface area contributed by atoms with Gasteiger partial charge in [0, 0.05) is 0 Å². The summed E-state index contributed by atoms with van der Waals surface area (Å²) in [5.74, 6) is 0. The zero-order valence-corrected chi connectivity index (χ0v) is 8.91. The summed E-state index contributed by atoms with van der Waals surface area (Å²) in [5.41, 5.74) is -4.25. The van der Waals surface area contributed by atoms with E-state index in [1.165, 1.54) is 0 Å². The van der Waals surface area contributed by atoms with E-state index in [4.69, 9.17) is 11.6 Å². The first-order chi connectivity index (χ1) is 8.07. The molecular weight excluding hydrogens is 288 g/mol. The largest absolute Gasteiger partial charge is 0.417 e. The molecule has 0 heterocycles. The molecule has 0 unspecified atom stereocenters. The number of carbonyl (C=O) groups excluding carboxylic acids is 1. The second-order valence-electron chi connectivity index (χ2n) is 3.05. The molecule has 0 N–H and O–H groups in total. The molecule has 9 heteroatoms. The molecule has 0 atom stereocenters. The summed E-state index contributed by atoms with van der Waals surface area (Å²) in [6.07, 6.45) is -9.33. The molecule has 0 spiro atoms. The minimum absolute atomic E-state index is 0.239. The first kappa shape index (κ1) is 14.5. The Kier molecular flexibility index (Phi) is 3.73. The molecule has 0 amide bonds. The average Bonchev–Trinajstić information content (AvgIpc) is 2.17. The number of hydrogen-bond donors (Lipinski definition) is 0. The van der Waals surface area contributed by atoms with E-state index in [1.807, 2.05) is 0 Å². The molecule has 0 aliphatic rings. The van der Waals surface area contributed by atoms with Gasteiger partial charge in [0.2, 0.25) is 6.08 Å². The van der Waals surface area contributed by atoms with Crippen molar-refractivity contribution in [2.45, 2.75) is 12.4 Å². The normalized spacial score (nSPS) is 12.2. The van der Waals surface area contributed by atoms with Crippen molar-refractivity contribution in [2.75, 3.05) is 0 Å². The maximum Gasteiger partial charge on any atom is 0.417 e. The molecule has 1 aromatic rings. The van der Waals surface area contributed by atoms with Crippen LogP contribution in [0.25, 0.3) is 0 Å². The highest BCUT2D eigenvalue weighted by atomic mass is 35.5. The van der Waals surface area contributed by atoms with Crippen LogP contribution in [-0.2, 0) is 17.1 Å². The van der Waals surface area contributed by atoms with Crippen molar-refractivity contribution in [3.05, 3.63) is 28.3 Å². The Morgan fingerprint density at radius 2 is 1.39 bits per heavy atom. The van der Waals surface area contributed by atoms with Crippen molar-refractivity contribution >= 4 is 23.4 Å². The van der Waals surface area contributed by atoms with Crippen LogP contribution in [-0.4, -0.2) is 6.08 Å². The Hall–Kier alpha value is -1.53. The van der Waals surface area contributed by atoms with Gasteiger partial charge in [0.15, 0.2) is 0 Å². The Labute approximate surface area is 101 Å². The maximum atomic E-state index is 12.4. The number of nitrogens with zero attached hydrogens (tertiary/aromatic N) is 1. The van der Waals surface area contributed by atoms with Gasteiger partial charge in [-0.3, -0.25) is 0 Å². The van der Waals surface area contributed by atoms with Gasteiger partial charge in [-0.05, 0) is 12.1 Å². The van der Waals surface area contributed by atoms with Crippen molar-refractivity contribution < 1.29 is 31.1 Å². The quantitative estimate of drug-likeness (QED) is 0.429. The minimum atomic E-state index is -5.09. The van der Waals surface area contributed by atoms with E-state index in [-0.39, 0.29) is 12.1 Å². The van der Waals surface area contributed by atoms with Crippen LogP contribution in [0.3, 0.4) is 0 Å². The number of isocyanates is 1. The summed E-state index contributed by atoms with van der Waals surface area (Å²) in [6, 6.07) is 0.477. The monoisotopic (exact) mass is 289 g/mol. The van der Waals surface area contributed by atoms with Gasteiger partial charge in [-0.2, -0.15) is 31.3 Å². The first-order valence-corrected chi connectivity index (χ1v) is 4.51. The summed E-state index contributed by atoms with van der Waals surface area (Å²) in [4.78, 5) is 12.6. The lowest BCUT2D eigenvalue weighted by atomic mass is 10.1. The van der Waals surface area contributed by atoms with E-state index in [9.17, 15) is 31.1 Å². The average molecular weight is 290 g/mol. The first-order valence-electron chi connectivity index (χ1n) is 4.13. The summed E-state index contributed by atoms with van der Waals surface area (Å²) in [7, 11) is 0. The fourth-order valence-corrected chi connectivity index (χ4v) is 1.46. The number of halogens is 7. The van der Waals surface area contributed by atoms with Crippen molar-refractivity contribution in [1.82, 2.24) is 0 Å². The van der Waals surface area contributed by atoms with Gasteiger partial charge in [-0.15, -0.1) is 0 Å². The molecule has 98 valence electrons. The smallest absolute Gasteiger partial charge is 0.211 e. The van der Waals surface area contributed by atoms with E-state index in [2.05, 4.69) is 4.99 Å². The third-order valence-electron chi connectivity index (χ3n) is 1.84. The topological polar surface area (TPSA) is 29.4 Å². The number of aliphatic imine (C=N–C) groups is 1. The molecule has 0 aliphatic carbocycles. The summed E-state index contributed by atoms with van der Waals surface area (Å²) in [6.45, 7) is 0. The van der Waals surface area contributed by atoms with Crippen LogP contribution < -0.4 is 0 Å². The van der Waals surface area contributed by atoms with Crippen LogP contribution in [0.5, 0.6) is 0 Å². The van der Waals surface area contributed by atoms with Crippen molar-refractivity contribution in [3.63, 3.8) is 0 Å². The molecule has 0 bridgehead atoms. The van der Waals surface area contributed by atoms with Gasteiger partial charge >= 0.3 is 12.4 Å². The van der Waals surface area contributed by atoms with Crippen molar-refractivity contribution in [1.29, 1.82) is 0 Å². The molecule has 1 rings (SSSR count). The number of alkyl halides is 6. The lowest BCUT2D eigenvalue weighted by molar-refractivity contribution is -0.142. The highest BCUT2D eigenvalue weighted by molar-refractivity contribution is 6.32. The lowest BCUT2D eigenvalue weighted by Gasteiger charge is -2.15. The van der Waals surface area contributed by atoms with Crippen LogP contribution in [0.1, 0.15) is 11.1 Å². The standard InChI is InChI=1S/C9H2ClF6NO/c10-7-5(8(11,12)13)1-4(17-3-18)2-6(7)9(14,15)16/h1-2H. The molecule has 0 saturated heterocycles. The summed E-state index contributed by atoms with van der Waals surface area (Å²) >= 11 is 5.07. The van der Waals surface area contributed by atoms with Crippen LogP contribution in [0.2, 0.25) is 5.02 Å². The third kappa shape index (κ3) is 3.02. The molecule has 0 radical (unpaired) electrons. The van der Waals surface area contributed by atoms with Gasteiger partial charge in [0.1, 0.15) is 0 Å². The Morgan fingerprint density at radius 3 is 1.67 bits per heavy atom. The minimum Gasteiger partial charge on any atom is -0.211 e.